The Morgan fingerprint density at radius 3 is 2.54 bits per heavy atom. The van der Waals surface area contributed by atoms with Crippen LogP contribution >= 0.6 is 11.6 Å². The number of hydrazone groups is 1. The highest BCUT2D eigenvalue weighted by Crippen LogP contribution is 2.15. The van der Waals surface area contributed by atoms with Gasteiger partial charge in [-0.2, -0.15) is 5.10 Å². The minimum atomic E-state index is -0.523. The second-order valence-corrected chi connectivity index (χ2v) is 5.93. The summed E-state index contributed by atoms with van der Waals surface area (Å²) in [4.78, 5) is 23.8. The smallest absolute Gasteiger partial charge is 0.336 e. The number of carbonyl (C=O) groups excluding carboxylic acids is 2. The number of hydrogen-bond donors (Lipinski definition) is 1. The van der Waals surface area contributed by atoms with Gasteiger partial charge in [0.1, 0.15) is 11.5 Å². The highest BCUT2D eigenvalue weighted by atomic mass is 35.5. The fourth-order valence-electron chi connectivity index (χ4n) is 2.18. The third-order valence-electron chi connectivity index (χ3n) is 3.52. The summed E-state index contributed by atoms with van der Waals surface area (Å²) in [5.74, 6) is 0.00857. The third kappa shape index (κ3) is 5.43. The summed E-state index contributed by atoms with van der Waals surface area (Å²) in [6.45, 7) is 0. The molecule has 1 heterocycles. The van der Waals surface area contributed by atoms with Gasteiger partial charge in [0, 0.05) is 6.08 Å². The van der Waals surface area contributed by atoms with Crippen LogP contribution in [0.15, 0.2) is 82.5 Å². The molecule has 1 aromatic heterocycles. The maximum Gasteiger partial charge on any atom is 0.336 e. The van der Waals surface area contributed by atoms with Crippen LogP contribution in [0.25, 0.3) is 6.08 Å². The van der Waals surface area contributed by atoms with Gasteiger partial charge in [0.05, 0.1) is 23.1 Å². The lowest BCUT2D eigenvalue weighted by molar-refractivity contribution is -0.128. The number of carbonyl (C=O) groups is 2. The van der Waals surface area contributed by atoms with E-state index in [2.05, 4.69) is 10.5 Å². The number of nitrogens with zero attached hydrogens (tertiary/aromatic N) is 1. The van der Waals surface area contributed by atoms with Crippen molar-refractivity contribution in [1.29, 1.82) is 0 Å². The van der Waals surface area contributed by atoms with Crippen molar-refractivity contribution in [2.45, 2.75) is 0 Å². The standard InChI is InChI=1S/C21H15ClN2O4/c22-19-6-2-1-5-18(19)21(26)24-23-14-15-7-9-17(10-8-15)28-20(25)12-11-16-4-3-13-27-16/h1-14H,(H,24,26)/b12-11+,23-14?. The first-order valence-corrected chi connectivity index (χ1v) is 8.61. The number of esters is 1. The van der Waals surface area contributed by atoms with Crippen molar-refractivity contribution in [3.8, 4) is 5.75 Å². The molecule has 0 aliphatic rings. The van der Waals surface area contributed by atoms with Crippen molar-refractivity contribution in [2.24, 2.45) is 5.10 Å². The number of furan rings is 1. The van der Waals surface area contributed by atoms with E-state index in [0.717, 1.165) is 0 Å². The largest absolute Gasteiger partial charge is 0.465 e. The summed E-state index contributed by atoms with van der Waals surface area (Å²) in [6, 6.07) is 16.8. The van der Waals surface area contributed by atoms with Gasteiger partial charge in [0.2, 0.25) is 0 Å². The van der Waals surface area contributed by atoms with Gasteiger partial charge in [0.15, 0.2) is 0 Å². The quantitative estimate of drug-likeness (QED) is 0.222. The third-order valence-corrected chi connectivity index (χ3v) is 3.85. The number of hydrogen-bond acceptors (Lipinski definition) is 5. The molecule has 0 unspecified atom stereocenters. The molecule has 0 bridgehead atoms. The zero-order chi connectivity index (χ0) is 19.8. The summed E-state index contributed by atoms with van der Waals surface area (Å²) in [6.07, 6.45) is 5.78. The normalized spacial score (nSPS) is 11.0. The average molecular weight is 395 g/mol. The number of ether oxygens (including phenoxy) is 1. The van der Waals surface area contributed by atoms with Crippen LogP contribution in [0.2, 0.25) is 5.02 Å². The van der Waals surface area contributed by atoms with Crippen LogP contribution in [-0.2, 0) is 4.79 Å². The Bertz CT molecular complexity index is 1010. The van der Waals surface area contributed by atoms with E-state index in [0.29, 0.717) is 27.7 Å². The van der Waals surface area contributed by atoms with E-state index in [9.17, 15) is 9.59 Å². The van der Waals surface area contributed by atoms with Gasteiger partial charge in [-0.05, 0) is 60.2 Å². The molecule has 1 N–H and O–H groups in total. The first kappa shape index (κ1) is 19.1. The molecule has 28 heavy (non-hydrogen) atoms. The first-order chi connectivity index (χ1) is 13.6. The zero-order valence-corrected chi connectivity index (χ0v) is 15.3. The molecule has 0 saturated carbocycles. The summed E-state index contributed by atoms with van der Waals surface area (Å²) >= 11 is 5.96. The van der Waals surface area contributed by atoms with Crippen molar-refractivity contribution in [3.63, 3.8) is 0 Å². The topological polar surface area (TPSA) is 80.9 Å². The van der Waals surface area contributed by atoms with Gasteiger partial charge < -0.3 is 9.15 Å². The molecular formula is C21H15ClN2O4. The van der Waals surface area contributed by atoms with E-state index >= 15 is 0 Å². The number of rotatable bonds is 6. The molecule has 140 valence electrons. The molecule has 3 rings (SSSR count). The maximum absolute atomic E-state index is 12.0. The molecule has 1 amide bonds. The van der Waals surface area contributed by atoms with Crippen LogP contribution in [-0.4, -0.2) is 18.1 Å². The van der Waals surface area contributed by atoms with Crippen LogP contribution in [0.4, 0.5) is 0 Å². The summed E-state index contributed by atoms with van der Waals surface area (Å²) < 4.78 is 10.3. The molecule has 0 spiro atoms. The molecule has 0 aliphatic heterocycles. The number of amides is 1. The van der Waals surface area contributed by atoms with Crippen LogP contribution in [0.3, 0.4) is 0 Å². The van der Waals surface area contributed by atoms with Crippen LogP contribution in [0, 0.1) is 0 Å². The van der Waals surface area contributed by atoms with Gasteiger partial charge in [-0.15, -0.1) is 0 Å². The van der Waals surface area contributed by atoms with E-state index < -0.39 is 11.9 Å². The molecule has 0 radical (unpaired) electrons. The van der Waals surface area contributed by atoms with Crippen LogP contribution in [0.1, 0.15) is 21.7 Å². The van der Waals surface area contributed by atoms with E-state index in [-0.39, 0.29) is 0 Å². The van der Waals surface area contributed by atoms with E-state index in [4.69, 9.17) is 20.8 Å². The second-order valence-electron chi connectivity index (χ2n) is 5.52. The fourth-order valence-corrected chi connectivity index (χ4v) is 2.40. The molecule has 3 aromatic rings. The van der Waals surface area contributed by atoms with Crippen molar-refractivity contribution in [3.05, 3.63) is 94.9 Å². The fraction of sp³-hybridized carbons (Fsp3) is 0. The SMILES string of the molecule is O=C(/C=C/c1ccco1)Oc1ccc(C=NNC(=O)c2ccccc2Cl)cc1. The van der Waals surface area contributed by atoms with Gasteiger partial charge in [0.25, 0.3) is 5.91 Å². The zero-order valence-electron chi connectivity index (χ0n) is 14.5. The van der Waals surface area contributed by atoms with Crippen LogP contribution in [0.5, 0.6) is 5.75 Å². The monoisotopic (exact) mass is 394 g/mol. The Morgan fingerprint density at radius 1 is 1.04 bits per heavy atom. The molecule has 6 nitrogen and oxygen atoms in total. The number of benzene rings is 2. The van der Waals surface area contributed by atoms with Crippen LogP contribution < -0.4 is 10.2 Å². The van der Waals surface area contributed by atoms with E-state index in [1.54, 1.807) is 60.7 Å². The number of halogens is 1. The summed E-state index contributed by atoms with van der Waals surface area (Å²) in [5.41, 5.74) is 3.46. The lowest BCUT2D eigenvalue weighted by Crippen LogP contribution is -2.17. The lowest BCUT2D eigenvalue weighted by atomic mass is 10.2. The maximum atomic E-state index is 12.0. The Hall–Kier alpha value is -3.64. The Kier molecular flexibility index (Phi) is 6.38. The lowest BCUT2D eigenvalue weighted by Gasteiger charge is -2.02. The van der Waals surface area contributed by atoms with Crippen molar-refractivity contribution in [1.82, 2.24) is 5.43 Å². The summed E-state index contributed by atoms with van der Waals surface area (Å²) in [7, 11) is 0. The Labute approximate surface area is 166 Å². The Morgan fingerprint density at radius 2 is 1.82 bits per heavy atom. The van der Waals surface area contributed by atoms with Gasteiger partial charge >= 0.3 is 5.97 Å². The molecule has 2 aromatic carbocycles. The minimum Gasteiger partial charge on any atom is -0.465 e. The molecule has 0 saturated heterocycles. The van der Waals surface area contributed by atoms with Crippen molar-refractivity contribution in [2.75, 3.05) is 0 Å². The van der Waals surface area contributed by atoms with Gasteiger partial charge in [-0.3, -0.25) is 4.79 Å². The number of nitrogens with one attached hydrogen (secondary N) is 1. The molecule has 0 aliphatic carbocycles. The molecule has 7 heteroatoms. The molecule has 0 atom stereocenters. The average Bonchev–Trinajstić information content (AvgIpc) is 3.22. The van der Waals surface area contributed by atoms with Gasteiger partial charge in [-0.25, -0.2) is 10.2 Å². The summed E-state index contributed by atoms with van der Waals surface area (Å²) in [5, 5.41) is 4.24. The molecular weight excluding hydrogens is 380 g/mol. The van der Waals surface area contributed by atoms with E-state index in [1.165, 1.54) is 24.6 Å². The first-order valence-electron chi connectivity index (χ1n) is 8.23. The highest BCUT2D eigenvalue weighted by Gasteiger charge is 2.07. The predicted octanol–water partition coefficient (Wildman–Crippen LogP) is 4.32. The predicted molar refractivity (Wildman–Crippen MR) is 106 cm³/mol. The second kappa shape index (κ2) is 9.34. The minimum absolute atomic E-state index is 0.339. The van der Waals surface area contributed by atoms with Crippen molar-refractivity contribution >= 4 is 35.8 Å². The highest BCUT2D eigenvalue weighted by molar-refractivity contribution is 6.33. The van der Waals surface area contributed by atoms with E-state index in [1.807, 2.05) is 0 Å². The van der Waals surface area contributed by atoms with Gasteiger partial charge in [-0.1, -0.05) is 23.7 Å². The Balaban J connectivity index is 1.52. The molecule has 0 fully saturated rings. The van der Waals surface area contributed by atoms with Crippen molar-refractivity contribution < 1.29 is 18.7 Å².